The van der Waals surface area contributed by atoms with E-state index in [1.807, 2.05) is 0 Å². The minimum Gasteiger partial charge on any atom is -0.457 e. The minimum atomic E-state index is -0.708. The lowest BCUT2D eigenvalue weighted by molar-refractivity contribution is -0.102. The summed E-state index contributed by atoms with van der Waals surface area (Å²) in [5.41, 5.74) is 5.91. The van der Waals surface area contributed by atoms with Crippen LogP contribution in [0, 0.1) is 5.82 Å². The average molecular weight is 210 g/mol. The van der Waals surface area contributed by atoms with Crippen LogP contribution >= 0.6 is 0 Å². The molecule has 0 saturated carbocycles. The number of rotatable bonds is 1. The molecule has 0 fully saturated rings. The summed E-state index contributed by atoms with van der Waals surface area (Å²) in [6.07, 6.45) is 2.50. The van der Waals surface area contributed by atoms with E-state index in [1.165, 1.54) is 12.3 Å². The number of hydrogen-bond donors (Lipinski definition) is 1. The molecule has 0 saturated heterocycles. The molecule has 4 nitrogen and oxygen atoms in total. The Morgan fingerprint density at radius 3 is 2.73 bits per heavy atom. The summed E-state index contributed by atoms with van der Waals surface area (Å²) in [5.74, 6) is -0.801. The van der Waals surface area contributed by atoms with Crippen LogP contribution in [0.2, 0.25) is 0 Å². The SMILES string of the molecule is CC1(C)OC=C(c2cc(N)c(F)cn2)O1. The Morgan fingerprint density at radius 2 is 2.20 bits per heavy atom. The lowest BCUT2D eigenvalue weighted by Gasteiger charge is -2.17. The van der Waals surface area contributed by atoms with Crippen molar-refractivity contribution in [1.82, 2.24) is 4.98 Å². The molecule has 0 radical (unpaired) electrons. The van der Waals surface area contributed by atoms with Crippen molar-refractivity contribution < 1.29 is 13.9 Å². The van der Waals surface area contributed by atoms with E-state index in [9.17, 15) is 4.39 Å². The zero-order valence-corrected chi connectivity index (χ0v) is 8.45. The molecule has 0 atom stereocenters. The molecule has 0 amide bonds. The second-order valence-corrected chi connectivity index (χ2v) is 3.69. The summed E-state index contributed by atoms with van der Waals surface area (Å²) in [4.78, 5) is 3.86. The van der Waals surface area contributed by atoms with Crippen LogP contribution in [0.3, 0.4) is 0 Å². The quantitative estimate of drug-likeness (QED) is 0.768. The highest BCUT2D eigenvalue weighted by atomic mass is 19.1. The highest BCUT2D eigenvalue weighted by Crippen LogP contribution is 2.30. The Kier molecular flexibility index (Phi) is 2.03. The number of ether oxygens (including phenoxy) is 2. The average Bonchev–Trinajstić information content (AvgIpc) is 2.51. The first-order valence-electron chi connectivity index (χ1n) is 4.46. The highest BCUT2D eigenvalue weighted by Gasteiger charge is 2.29. The molecule has 2 N–H and O–H groups in total. The molecule has 1 aromatic heterocycles. The normalized spacial score (nSPS) is 17.9. The third kappa shape index (κ3) is 1.86. The molecule has 1 aliphatic rings. The highest BCUT2D eigenvalue weighted by molar-refractivity contribution is 5.60. The Labute approximate surface area is 86.5 Å². The van der Waals surface area contributed by atoms with E-state index >= 15 is 0 Å². The lowest BCUT2D eigenvalue weighted by Crippen LogP contribution is -2.20. The number of nitrogens with zero attached hydrogens (tertiary/aromatic N) is 1. The smallest absolute Gasteiger partial charge is 0.245 e. The van der Waals surface area contributed by atoms with Crippen LogP contribution in [0.15, 0.2) is 18.5 Å². The molecule has 0 aliphatic carbocycles. The fourth-order valence-corrected chi connectivity index (χ4v) is 1.21. The van der Waals surface area contributed by atoms with E-state index in [2.05, 4.69) is 4.98 Å². The Bertz CT molecular complexity index is 429. The number of hydrogen-bond acceptors (Lipinski definition) is 4. The largest absolute Gasteiger partial charge is 0.457 e. The van der Waals surface area contributed by atoms with Gasteiger partial charge < -0.3 is 15.2 Å². The first-order chi connectivity index (χ1) is 6.98. The van der Waals surface area contributed by atoms with Gasteiger partial charge in [-0.2, -0.15) is 0 Å². The number of halogens is 1. The Hall–Kier alpha value is -1.78. The van der Waals surface area contributed by atoms with Crippen LogP contribution in [-0.2, 0) is 9.47 Å². The van der Waals surface area contributed by atoms with Crippen molar-refractivity contribution >= 4 is 11.4 Å². The van der Waals surface area contributed by atoms with Crippen LogP contribution in [0.1, 0.15) is 19.5 Å². The monoisotopic (exact) mass is 210 g/mol. The van der Waals surface area contributed by atoms with Gasteiger partial charge in [0, 0.05) is 13.8 Å². The van der Waals surface area contributed by atoms with Crippen molar-refractivity contribution in [1.29, 1.82) is 0 Å². The molecular weight excluding hydrogens is 199 g/mol. The Morgan fingerprint density at radius 1 is 1.47 bits per heavy atom. The molecule has 0 unspecified atom stereocenters. The predicted octanol–water partition coefficient (Wildman–Crippen LogP) is 1.88. The molecule has 15 heavy (non-hydrogen) atoms. The van der Waals surface area contributed by atoms with E-state index in [-0.39, 0.29) is 5.69 Å². The minimum absolute atomic E-state index is 0.0363. The molecule has 80 valence electrons. The van der Waals surface area contributed by atoms with E-state index < -0.39 is 11.6 Å². The second kappa shape index (κ2) is 3.12. The van der Waals surface area contributed by atoms with Gasteiger partial charge in [0.1, 0.15) is 12.0 Å². The number of nitrogen functional groups attached to an aromatic ring is 1. The van der Waals surface area contributed by atoms with Gasteiger partial charge in [-0.3, -0.25) is 0 Å². The van der Waals surface area contributed by atoms with Crippen LogP contribution in [0.4, 0.5) is 10.1 Å². The summed E-state index contributed by atoms with van der Waals surface area (Å²) in [7, 11) is 0. The van der Waals surface area contributed by atoms with Crippen molar-refractivity contribution in [3.63, 3.8) is 0 Å². The van der Waals surface area contributed by atoms with Crippen molar-refractivity contribution in [2.24, 2.45) is 0 Å². The van der Waals surface area contributed by atoms with Gasteiger partial charge in [0.25, 0.3) is 0 Å². The third-order valence-corrected chi connectivity index (χ3v) is 1.94. The molecular formula is C10H11FN2O2. The van der Waals surface area contributed by atoms with Crippen molar-refractivity contribution in [2.75, 3.05) is 5.73 Å². The number of nitrogens with two attached hydrogens (primary N) is 1. The fraction of sp³-hybridized carbons (Fsp3) is 0.300. The number of anilines is 1. The summed E-state index contributed by atoms with van der Waals surface area (Å²) in [6, 6.07) is 1.41. The van der Waals surface area contributed by atoms with Crippen LogP contribution in [0.25, 0.3) is 5.76 Å². The molecule has 0 spiro atoms. The van der Waals surface area contributed by atoms with Gasteiger partial charge >= 0.3 is 0 Å². The molecule has 0 aromatic carbocycles. The van der Waals surface area contributed by atoms with Gasteiger partial charge in [-0.15, -0.1) is 0 Å². The summed E-state index contributed by atoms with van der Waals surface area (Å²) in [6.45, 7) is 3.53. The number of aromatic nitrogens is 1. The van der Waals surface area contributed by atoms with Gasteiger partial charge in [-0.25, -0.2) is 9.37 Å². The van der Waals surface area contributed by atoms with Crippen molar-refractivity contribution in [2.45, 2.75) is 19.6 Å². The predicted molar refractivity (Wildman–Crippen MR) is 52.8 cm³/mol. The molecule has 2 rings (SSSR count). The zero-order valence-electron chi connectivity index (χ0n) is 8.45. The maximum absolute atomic E-state index is 12.9. The zero-order chi connectivity index (χ0) is 11.1. The van der Waals surface area contributed by atoms with Crippen molar-refractivity contribution in [3.8, 4) is 0 Å². The Balaban J connectivity index is 2.29. The maximum atomic E-state index is 12.9. The molecule has 0 bridgehead atoms. The third-order valence-electron chi connectivity index (χ3n) is 1.94. The molecule has 1 aromatic rings. The van der Waals surface area contributed by atoms with Gasteiger partial charge in [-0.05, 0) is 6.07 Å². The molecule has 1 aliphatic heterocycles. The van der Waals surface area contributed by atoms with Gasteiger partial charge in [0.05, 0.1) is 11.9 Å². The molecule has 2 heterocycles. The van der Waals surface area contributed by atoms with Crippen LogP contribution < -0.4 is 5.73 Å². The van der Waals surface area contributed by atoms with Crippen molar-refractivity contribution in [3.05, 3.63) is 30.0 Å². The summed E-state index contributed by atoms with van der Waals surface area (Å²) in [5, 5.41) is 0. The standard InChI is InChI=1S/C10H11FN2O2/c1-10(2)14-5-9(15-10)8-3-7(12)6(11)4-13-8/h3-5H,1-2H3,(H2,12,13). The second-order valence-electron chi connectivity index (χ2n) is 3.69. The lowest BCUT2D eigenvalue weighted by atomic mass is 10.3. The topological polar surface area (TPSA) is 57.4 Å². The van der Waals surface area contributed by atoms with E-state index in [0.717, 1.165) is 6.20 Å². The molecule has 5 heteroatoms. The first-order valence-corrected chi connectivity index (χ1v) is 4.46. The van der Waals surface area contributed by atoms with E-state index in [1.54, 1.807) is 13.8 Å². The maximum Gasteiger partial charge on any atom is 0.245 e. The van der Waals surface area contributed by atoms with Gasteiger partial charge in [0.15, 0.2) is 11.6 Å². The van der Waals surface area contributed by atoms with Gasteiger partial charge in [0.2, 0.25) is 5.79 Å². The van der Waals surface area contributed by atoms with Crippen LogP contribution in [-0.4, -0.2) is 10.8 Å². The van der Waals surface area contributed by atoms with Gasteiger partial charge in [-0.1, -0.05) is 0 Å². The summed E-state index contributed by atoms with van der Waals surface area (Å²) < 4.78 is 23.5. The van der Waals surface area contributed by atoms with E-state index in [0.29, 0.717) is 11.5 Å². The first kappa shape index (κ1) is 9.76. The van der Waals surface area contributed by atoms with E-state index in [4.69, 9.17) is 15.2 Å². The fourth-order valence-electron chi connectivity index (χ4n) is 1.21. The van der Waals surface area contributed by atoms with Crippen LogP contribution in [0.5, 0.6) is 0 Å². The summed E-state index contributed by atoms with van der Waals surface area (Å²) >= 11 is 0. The number of pyridine rings is 1.